The van der Waals surface area contributed by atoms with Crippen LogP contribution in [0.5, 0.6) is 0 Å². The second-order valence-corrected chi connectivity index (χ2v) is 5.79. The minimum absolute atomic E-state index is 0.0767. The molecule has 0 bridgehead atoms. The number of nitrogens with zero attached hydrogens (tertiary/aromatic N) is 3. The highest BCUT2D eigenvalue weighted by Crippen LogP contribution is 2.36. The van der Waals surface area contributed by atoms with Gasteiger partial charge in [0.15, 0.2) is 11.0 Å². The molecule has 0 unspecified atom stereocenters. The number of benzene rings is 1. The molecule has 0 aliphatic heterocycles. The Balaban J connectivity index is 1.81. The van der Waals surface area contributed by atoms with E-state index in [0.717, 1.165) is 18.4 Å². The largest absolute Gasteiger partial charge is 0.409 e. The van der Waals surface area contributed by atoms with E-state index in [1.165, 1.54) is 11.8 Å². The first kappa shape index (κ1) is 13.7. The number of aromatic nitrogens is 3. The summed E-state index contributed by atoms with van der Waals surface area (Å²) in [5, 5.41) is 19.1. The standard InChI is InChI=1S/C13H15N5O2S/c14-11(17-20)10-4-2-1-3-8(10)7-21-13-16-15-12(19)18(13)9-5-6-9/h1-4,9,20H,5-7H2,(H2,14,17)(H,15,19). The van der Waals surface area contributed by atoms with E-state index in [2.05, 4.69) is 15.4 Å². The summed E-state index contributed by atoms with van der Waals surface area (Å²) in [5.41, 5.74) is 7.12. The van der Waals surface area contributed by atoms with Gasteiger partial charge in [-0.25, -0.2) is 9.89 Å². The van der Waals surface area contributed by atoms with Gasteiger partial charge in [-0.2, -0.15) is 0 Å². The highest BCUT2D eigenvalue weighted by Gasteiger charge is 2.28. The van der Waals surface area contributed by atoms with Gasteiger partial charge >= 0.3 is 5.69 Å². The van der Waals surface area contributed by atoms with Gasteiger partial charge in [0.2, 0.25) is 0 Å². The lowest BCUT2D eigenvalue weighted by molar-refractivity contribution is 0.318. The van der Waals surface area contributed by atoms with Gasteiger partial charge in [0.25, 0.3) is 0 Å². The summed E-state index contributed by atoms with van der Waals surface area (Å²) < 4.78 is 1.71. The Morgan fingerprint density at radius 3 is 3.00 bits per heavy atom. The molecule has 1 aliphatic rings. The molecule has 0 saturated heterocycles. The number of thioether (sulfide) groups is 1. The van der Waals surface area contributed by atoms with Crippen LogP contribution in [0.15, 0.2) is 39.4 Å². The van der Waals surface area contributed by atoms with E-state index < -0.39 is 0 Å². The summed E-state index contributed by atoms with van der Waals surface area (Å²) in [4.78, 5) is 11.7. The van der Waals surface area contributed by atoms with Crippen molar-refractivity contribution in [3.05, 3.63) is 45.9 Å². The summed E-state index contributed by atoms with van der Waals surface area (Å²) in [6, 6.07) is 7.70. The van der Waals surface area contributed by atoms with Gasteiger partial charge < -0.3 is 10.9 Å². The zero-order chi connectivity index (χ0) is 14.8. The molecule has 0 radical (unpaired) electrons. The molecule has 0 spiro atoms. The summed E-state index contributed by atoms with van der Waals surface area (Å²) >= 11 is 1.46. The van der Waals surface area contributed by atoms with Crippen molar-refractivity contribution in [2.75, 3.05) is 0 Å². The molecule has 3 rings (SSSR count). The third-order valence-electron chi connectivity index (χ3n) is 3.34. The number of hydrogen-bond donors (Lipinski definition) is 3. The molecule has 1 aliphatic carbocycles. The van der Waals surface area contributed by atoms with Crippen LogP contribution in [0.1, 0.15) is 30.0 Å². The molecule has 4 N–H and O–H groups in total. The monoisotopic (exact) mass is 305 g/mol. The van der Waals surface area contributed by atoms with Gasteiger partial charge in [0.05, 0.1) is 0 Å². The number of oxime groups is 1. The van der Waals surface area contributed by atoms with Gasteiger partial charge in [-0.15, -0.1) is 5.10 Å². The molecule has 2 aromatic rings. The van der Waals surface area contributed by atoms with Crippen molar-refractivity contribution >= 4 is 17.6 Å². The third kappa shape index (κ3) is 2.80. The zero-order valence-electron chi connectivity index (χ0n) is 11.2. The van der Waals surface area contributed by atoms with Crippen LogP contribution in [0.4, 0.5) is 0 Å². The van der Waals surface area contributed by atoms with Gasteiger partial charge in [0.1, 0.15) is 0 Å². The van der Waals surface area contributed by atoms with E-state index in [9.17, 15) is 4.79 Å². The second kappa shape index (κ2) is 5.65. The Morgan fingerprint density at radius 1 is 1.52 bits per heavy atom. The van der Waals surface area contributed by atoms with Crippen LogP contribution in [0.3, 0.4) is 0 Å². The molecule has 0 amide bonds. The lowest BCUT2D eigenvalue weighted by Gasteiger charge is -2.08. The minimum atomic E-state index is -0.162. The van der Waals surface area contributed by atoms with Crippen molar-refractivity contribution in [2.45, 2.75) is 29.8 Å². The molecule has 1 aromatic carbocycles. The molecular formula is C13H15N5O2S. The fraction of sp³-hybridized carbons (Fsp3) is 0.308. The number of amidine groups is 1. The summed E-state index contributed by atoms with van der Waals surface area (Å²) in [6.07, 6.45) is 2.04. The Kier molecular flexibility index (Phi) is 3.70. The average Bonchev–Trinajstić information content (AvgIpc) is 3.28. The maximum atomic E-state index is 11.7. The third-order valence-corrected chi connectivity index (χ3v) is 4.34. The van der Waals surface area contributed by atoms with E-state index in [1.807, 2.05) is 18.2 Å². The number of hydrogen-bond acceptors (Lipinski definition) is 5. The molecule has 1 saturated carbocycles. The topological polar surface area (TPSA) is 109 Å². The molecule has 8 heteroatoms. The maximum absolute atomic E-state index is 11.7. The predicted octanol–water partition coefficient (Wildman–Crippen LogP) is 1.29. The Labute approximate surface area is 124 Å². The Hall–Kier alpha value is -2.22. The van der Waals surface area contributed by atoms with Crippen molar-refractivity contribution in [1.82, 2.24) is 14.8 Å². The quantitative estimate of drug-likeness (QED) is 0.253. The van der Waals surface area contributed by atoms with Crippen LogP contribution >= 0.6 is 11.8 Å². The van der Waals surface area contributed by atoms with E-state index in [1.54, 1.807) is 10.6 Å². The lowest BCUT2D eigenvalue weighted by atomic mass is 10.1. The first-order valence-corrected chi connectivity index (χ1v) is 7.54. The Bertz CT molecular complexity index is 732. The fourth-order valence-electron chi connectivity index (χ4n) is 2.14. The smallest absolute Gasteiger partial charge is 0.344 e. The van der Waals surface area contributed by atoms with Gasteiger partial charge in [-0.1, -0.05) is 41.2 Å². The number of nitrogens with one attached hydrogen (secondary N) is 1. The normalized spacial score (nSPS) is 15.3. The average molecular weight is 305 g/mol. The molecule has 21 heavy (non-hydrogen) atoms. The van der Waals surface area contributed by atoms with Crippen molar-refractivity contribution in [1.29, 1.82) is 0 Å². The van der Waals surface area contributed by atoms with Gasteiger partial charge in [-0.05, 0) is 18.4 Å². The molecule has 1 heterocycles. The molecule has 0 atom stereocenters. The van der Waals surface area contributed by atoms with Crippen molar-refractivity contribution in [3.8, 4) is 0 Å². The predicted molar refractivity (Wildman–Crippen MR) is 79.6 cm³/mol. The van der Waals surface area contributed by atoms with E-state index >= 15 is 0 Å². The summed E-state index contributed by atoms with van der Waals surface area (Å²) in [5.74, 6) is 0.663. The van der Waals surface area contributed by atoms with Crippen LogP contribution in [0.2, 0.25) is 0 Å². The minimum Gasteiger partial charge on any atom is -0.409 e. The van der Waals surface area contributed by atoms with E-state index in [0.29, 0.717) is 16.5 Å². The molecular weight excluding hydrogens is 290 g/mol. The van der Waals surface area contributed by atoms with Crippen LogP contribution in [-0.4, -0.2) is 25.8 Å². The summed E-state index contributed by atoms with van der Waals surface area (Å²) in [7, 11) is 0. The van der Waals surface area contributed by atoms with Crippen molar-refractivity contribution in [3.63, 3.8) is 0 Å². The molecule has 7 nitrogen and oxygen atoms in total. The SMILES string of the molecule is NC(=NO)c1ccccc1CSc1n[nH]c(=O)n1C1CC1. The van der Waals surface area contributed by atoms with Crippen molar-refractivity contribution in [2.24, 2.45) is 10.9 Å². The zero-order valence-corrected chi connectivity index (χ0v) is 12.0. The molecule has 1 aromatic heterocycles. The number of nitrogens with two attached hydrogens (primary N) is 1. The van der Waals surface area contributed by atoms with Gasteiger partial charge in [-0.3, -0.25) is 4.57 Å². The number of H-pyrrole nitrogens is 1. The highest BCUT2D eigenvalue weighted by atomic mass is 32.2. The van der Waals surface area contributed by atoms with Crippen LogP contribution in [0.25, 0.3) is 0 Å². The lowest BCUT2D eigenvalue weighted by Crippen LogP contribution is -2.16. The van der Waals surface area contributed by atoms with Crippen LogP contribution in [0, 0.1) is 0 Å². The number of aromatic amines is 1. The van der Waals surface area contributed by atoms with Crippen LogP contribution < -0.4 is 11.4 Å². The van der Waals surface area contributed by atoms with E-state index in [4.69, 9.17) is 10.9 Å². The molecule has 1 fully saturated rings. The maximum Gasteiger partial charge on any atom is 0.344 e. The Morgan fingerprint density at radius 2 is 2.29 bits per heavy atom. The molecule has 110 valence electrons. The van der Waals surface area contributed by atoms with Crippen molar-refractivity contribution < 1.29 is 5.21 Å². The highest BCUT2D eigenvalue weighted by molar-refractivity contribution is 7.98. The second-order valence-electron chi connectivity index (χ2n) is 4.84. The first-order chi connectivity index (χ1) is 10.2. The van der Waals surface area contributed by atoms with E-state index in [-0.39, 0.29) is 17.6 Å². The van der Waals surface area contributed by atoms with Gasteiger partial charge in [0, 0.05) is 17.4 Å². The fourth-order valence-corrected chi connectivity index (χ4v) is 3.16. The number of rotatable bonds is 5. The summed E-state index contributed by atoms with van der Waals surface area (Å²) in [6.45, 7) is 0. The first-order valence-electron chi connectivity index (χ1n) is 6.56. The van der Waals surface area contributed by atoms with Crippen LogP contribution in [-0.2, 0) is 5.75 Å².